The van der Waals surface area contributed by atoms with Crippen molar-refractivity contribution in [1.29, 1.82) is 0 Å². The molecule has 4 atom stereocenters. The first kappa shape index (κ1) is 12.8. The summed E-state index contributed by atoms with van der Waals surface area (Å²) in [5.74, 6) is 3.93. The second kappa shape index (κ2) is 4.16. The lowest BCUT2D eigenvalue weighted by Crippen LogP contribution is -2.32. The molecular weight excluding hydrogens is 236 g/mol. The zero-order valence-corrected chi connectivity index (χ0v) is 12.3. The molecule has 2 aliphatic carbocycles. The maximum atomic E-state index is 9.73. The van der Waals surface area contributed by atoms with Crippen molar-refractivity contribution in [3.8, 4) is 11.5 Å². The van der Waals surface area contributed by atoms with Crippen molar-refractivity contribution in [1.82, 2.24) is 0 Å². The molecule has 2 aliphatic rings. The zero-order valence-electron chi connectivity index (χ0n) is 12.3. The molecule has 0 saturated heterocycles. The summed E-state index contributed by atoms with van der Waals surface area (Å²) in [6.45, 7) is 7.26. The quantitative estimate of drug-likeness (QED) is 0.864. The fourth-order valence-electron chi connectivity index (χ4n) is 4.55. The van der Waals surface area contributed by atoms with E-state index in [-0.39, 0.29) is 5.75 Å². The van der Waals surface area contributed by atoms with E-state index in [4.69, 9.17) is 4.74 Å². The largest absolute Gasteiger partial charge is 0.504 e. The monoisotopic (exact) mass is 260 g/mol. The molecule has 2 saturated carbocycles. The van der Waals surface area contributed by atoms with Gasteiger partial charge in [-0.15, -0.1) is 0 Å². The van der Waals surface area contributed by atoms with Crippen molar-refractivity contribution in [3.63, 3.8) is 0 Å². The van der Waals surface area contributed by atoms with Crippen LogP contribution in [0.4, 0.5) is 0 Å². The predicted octanol–water partition coefficient (Wildman–Crippen LogP) is 4.19. The normalized spacial score (nSPS) is 35.6. The SMILES string of the molecule is COc1cc([C@H]2C[C@H]3C[C@H]2C(C)(C)[C@@H]3C)ccc1O. The van der Waals surface area contributed by atoms with Crippen LogP contribution in [-0.2, 0) is 0 Å². The number of aromatic hydroxyl groups is 1. The van der Waals surface area contributed by atoms with Crippen LogP contribution in [0, 0.1) is 23.2 Å². The number of rotatable bonds is 2. The second-order valence-corrected chi connectivity index (χ2v) is 6.99. The Balaban J connectivity index is 1.93. The summed E-state index contributed by atoms with van der Waals surface area (Å²) < 4.78 is 5.25. The van der Waals surface area contributed by atoms with Gasteiger partial charge in [-0.2, -0.15) is 0 Å². The van der Waals surface area contributed by atoms with E-state index >= 15 is 0 Å². The number of methoxy groups -OCH3 is 1. The average Bonchev–Trinajstić information content (AvgIpc) is 2.90. The summed E-state index contributed by atoms with van der Waals surface area (Å²) in [6.07, 6.45) is 2.66. The van der Waals surface area contributed by atoms with Crippen molar-refractivity contribution < 1.29 is 9.84 Å². The molecule has 0 unspecified atom stereocenters. The van der Waals surface area contributed by atoms with Gasteiger partial charge in [0.15, 0.2) is 11.5 Å². The number of hydrogen-bond donors (Lipinski definition) is 1. The average molecular weight is 260 g/mol. The zero-order chi connectivity index (χ0) is 13.8. The number of phenols is 1. The molecule has 0 heterocycles. The first-order valence-corrected chi connectivity index (χ1v) is 7.32. The lowest BCUT2D eigenvalue weighted by molar-refractivity contribution is 0.118. The van der Waals surface area contributed by atoms with Crippen LogP contribution in [-0.4, -0.2) is 12.2 Å². The van der Waals surface area contributed by atoms with Crippen LogP contribution in [0.15, 0.2) is 18.2 Å². The standard InChI is InChI=1S/C17H24O2/c1-10-12-7-13(14(8-12)17(10,2)3)11-5-6-15(18)16(9-11)19-4/h5-6,9-10,12-14,18H,7-8H2,1-4H3/t10-,12+,13-,14-/m1/s1. The maximum absolute atomic E-state index is 9.73. The van der Waals surface area contributed by atoms with E-state index in [1.54, 1.807) is 13.2 Å². The van der Waals surface area contributed by atoms with Gasteiger partial charge in [0.2, 0.25) is 0 Å². The van der Waals surface area contributed by atoms with Gasteiger partial charge in [0.1, 0.15) is 0 Å². The summed E-state index contributed by atoms with van der Waals surface area (Å²) in [4.78, 5) is 0. The van der Waals surface area contributed by atoms with Gasteiger partial charge in [-0.25, -0.2) is 0 Å². The molecule has 0 amide bonds. The first-order valence-electron chi connectivity index (χ1n) is 7.32. The van der Waals surface area contributed by atoms with E-state index in [1.165, 1.54) is 18.4 Å². The molecule has 2 fully saturated rings. The summed E-state index contributed by atoms with van der Waals surface area (Å²) in [5.41, 5.74) is 1.76. The summed E-state index contributed by atoms with van der Waals surface area (Å²) in [7, 11) is 1.62. The summed E-state index contributed by atoms with van der Waals surface area (Å²) in [5, 5.41) is 9.73. The van der Waals surface area contributed by atoms with Crippen molar-refractivity contribution in [2.24, 2.45) is 23.2 Å². The van der Waals surface area contributed by atoms with E-state index in [0.717, 1.165) is 17.8 Å². The van der Waals surface area contributed by atoms with Gasteiger partial charge < -0.3 is 9.84 Å². The van der Waals surface area contributed by atoms with Crippen molar-refractivity contribution in [2.45, 2.75) is 39.5 Å². The van der Waals surface area contributed by atoms with Crippen molar-refractivity contribution in [3.05, 3.63) is 23.8 Å². The Morgan fingerprint density at radius 3 is 2.58 bits per heavy atom. The highest BCUT2D eigenvalue weighted by molar-refractivity contribution is 5.43. The van der Waals surface area contributed by atoms with E-state index < -0.39 is 0 Å². The van der Waals surface area contributed by atoms with Gasteiger partial charge in [-0.3, -0.25) is 0 Å². The third kappa shape index (κ3) is 1.76. The number of hydrogen-bond acceptors (Lipinski definition) is 2. The Hall–Kier alpha value is -1.18. The molecule has 1 N–H and O–H groups in total. The number of fused-ring (bicyclic) bond motifs is 2. The Bertz CT molecular complexity index is 492. The molecule has 0 radical (unpaired) electrons. The van der Waals surface area contributed by atoms with Crippen LogP contribution >= 0.6 is 0 Å². The molecule has 0 aromatic heterocycles. The molecule has 2 heteroatoms. The molecule has 1 aromatic carbocycles. The molecule has 2 nitrogen and oxygen atoms in total. The molecular formula is C17H24O2. The number of benzene rings is 1. The maximum Gasteiger partial charge on any atom is 0.160 e. The fourth-order valence-corrected chi connectivity index (χ4v) is 4.55. The van der Waals surface area contributed by atoms with Gasteiger partial charge in [0, 0.05) is 0 Å². The van der Waals surface area contributed by atoms with E-state index in [1.807, 2.05) is 6.07 Å². The van der Waals surface area contributed by atoms with E-state index in [2.05, 4.69) is 26.8 Å². The summed E-state index contributed by atoms with van der Waals surface area (Å²) >= 11 is 0. The molecule has 3 rings (SSSR count). The molecule has 104 valence electrons. The molecule has 0 spiro atoms. The topological polar surface area (TPSA) is 29.5 Å². The minimum atomic E-state index is 0.238. The van der Waals surface area contributed by atoms with Crippen LogP contribution in [0.25, 0.3) is 0 Å². The number of ether oxygens (including phenoxy) is 1. The van der Waals surface area contributed by atoms with E-state index in [9.17, 15) is 5.11 Å². The van der Waals surface area contributed by atoms with Gasteiger partial charge in [0.05, 0.1) is 7.11 Å². The van der Waals surface area contributed by atoms with Gasteiger partial charge in [-0.1, -0.05) is 26.8 Å². The highest BCUT2D eigenvalue weighted by atomic mass is 16.5. The Kier molecular flexibility index (Phi) is 2.81. The van der Waals surface area contributed by atoms with E-state index in [0.29, 0.717) is 17.1 Å². The van der Waals surface area contributed by atoms with Gasteiger partial charge in [0.25, 0.3) is 0 Å². The van der Waals surface area contributed by atoms with Crippen LogP contribution in [0.5, 0.6) is 11.5 Å². The van der Waals surface area contributed by atoms with Crippen LogP contribution in [0.1, 0.15) is 45.1 Å². The fraction of sp³-hybridized carbons (Fsp3) is 0.647. The number of phenolic OH excluding ortho intramolecular Hbond substituents is 1. The second-order valence-electron chi connectivity index (χ2n) is 6.99. The van der Waals surface area contributed by atoms with Crippen molar-refractivity contribution >= 4 is 0 Å². The lowest BCUT2D eigenvalue weighted by atomic mass is 9.64. The predicted molar refractivity (Wildman–Crippen MR) is 76.6 cm³/mol. The third-order valence-corrected chi connectivity index (χ3v) is 6.07. The molecule has 1 aromatic rings. The lowest BCUT2D eigenvalue weighted by Gasteiger charge is -2.41. The minimum Gasteiger partial charge on any atom is -0.504 e. The third-order valence-electron chi connectivity index (χ3n) is 6.07. The Morgan fingerprint density at radius 2 is 2.00 bits per heavy atom. The molecule has 19 heavy (non-hydrogen) atoms. The Labute approximate surface area is 115 Å². The van der Waals surface area contributed by atoms with Crippen LogP contribution in [0.3, 0.4) is 0 Å². The highest BCUT2D eigenvalue weighted by Gasteiger charge is 2.55. The highest BCUT2D eigenvalue weighted by Crippen LogP contribution is 2.64. The van der Waals surface area contributed by atoms with Gasteiger partial charge in [-0.05, 0) is 59.6 Å². The first-order chi connectivity index (χ1) is 8.95. The van der Waals surface area contributed by atoms with Crippen LogP contribution < -0.4 is 4.74 Å². The minimum absolute atomic E-state index is 0.238. The molecule has 0 aliphatic heterocycles. The Morgan fingerprint density at radius 1 is 1.26 bits per heavy atom. The smallest absolute Gasteiger partial charge is 0.160 e. The van der Waals surface area contributed by atoms with Crippen molar-refractivity contribution in [2.75, 3.05) is 7.11 Å². The van der Waals surface area contributed by atoms with Gasteiger partial charge >= 0.3 is 0 Å². The molecule has 2 bridgehead atoms. The summed E-state index contributed by atoms with van der Waals surface area (Å²) in [6, 6.07) is 5.88. The van der Waals surface area contributed by atoms with Crippen LogP contribution in [0.2, 0.25) is 0 Å².